The molecule has 1 atom stereocenters. The fourth-order valence-corrected chi connectivity index (χ4v) is 6.08. The zero-order valence-corrected chi connectivity index (χ0v) is 24.6. The number of nitrogens with one attached hydrogen (secondary N) is 3. The topological polar surface area (TPSA) is 103 Å². The second kappa shape index (κ2) is 13.8. The summed E-state index contributed by atoms with van der Waals surface area (Å²) >= 11 is 0. The largest absolute Gasteiger partial charge is 0.464 e. The number of rotatable bonds is 11. The lowest BCUT2D eigenvalue weighted by atomic mass is 10.0. The molecule has 2 aliphatic heterocycles. The van der Waals surface area contributed by atoms with E-state index in [2.05, 4.69) is 54.9 Å². The molecule has 4 aromatic rings. The van der Waals surface area contributed by atoms with Gasteiger partial charge in [0.15, 0.2) is 0 Å². The second-order valence-corrected chi connectivity index (χ2v) is 11.7. The highest BCUT2D eigenvalue weighted by atomic mass is 16.5. The Morgan fingerprint density at radius 1 is 0.907 bits per heavy atom. The Labute approximate surface area is 252 Å². The minimum absolute atomic E-state index is 0.149. The minimum atomic E-state index is -0.223. The van der Waals surface area contributed by atoms with Gasteiger partial charge in [0.2, 0.25) is 0 Å². The van der Waals surface area contributed by atoms with Crippen LogP contribution in [0.1, 0.15) is 47.2 Å². The van der Waals surface area contributed by atoms with Crippen molar-refractivity contribution in [1.82, 2.24) is 20.0 Å². The number of aromatic nitrogens is 2. The molecule has 2 saturated heterocycles. The first-order valence-corrected chi connectivity index (χ1v) is 15.4. The summed E-state index contributed by atoms with van der Waals surface area (Å²) in [6.07, 6.45) is 6.78. The lowest BCUT2D eigenvalue weighted by Gasteiger charge is -2.33. The highest BCUT2D eigenvalue weighted by Gasteiger charge is 2.20. The zero-order chi connectivity index (χ0) is 29.4. The standard InChI is InChI=1S/C34H40N6O3/c41-33(43-18-17-39-14-1-2-15-39)20-25-8-10-29(11-9-25)37-34(42)27-6-3-5-26(19-27)23-40-16-4-7-31(24-40)36-30-12-13-32-28(21-30)22-35-38-32/h3,5-6,8-13,19,21-22,31,36H,1-2,4,7,14-18,20,23-24H2,(H,35,38)(H,37,42). The van der Waals surface area contributed by atoms with Crippen molar-refractivity contribution in [1.29, 1.82) is 0 Å². The van der Waals surface area contributed by atoms with Crippen molar-refractivity contribution in [3.05, 3.63) is 89.6 Å². The van der Waals surface area contributed by atoms with Gasteiger partial charge in [-0.2, -0.15) is 5.10 Å². The minimum Gasteiger partial charge on any atom is -0.464 e. The van der Waals surface area contributed by atoms with E-state index in [1.165, 1.54) is 12.8 Å². The number of anilines is 2. The maximum atomic E-state index is 13.1. The van der Waals surface area contributed by atoms with Crippen molar-refractivity contribution in [2.45, 2.75) is 44.7 Å². The number of aromatic amines is 1. The van der Waals surface area contributed by atoms with Crippen LogP contribution in [0.25, 0.3) is 10.9 Å². The van der Waals surface area contributed by atoms with Crippen molar-refractivity contribution in [2.75, 3.05) is 50.0 Å². The number of hydrogen-bond donors (Lipinski definition) is 3. The third kappa shape index (κ3) is 8.00. The lowest BCUT2D eigenvalue weighted by molar-refractivity contribution is -0.143. The fourth-order valence-electron chi connectivity index (χ4n) is 6.08. The number of likely N-dealkylation sites (tertiary alicyclic amines) is 2. The molecule has 3 N–H and O–H groups in total. The highest BCUT2D eigenvalue weighted by molar-refractivity contribution is 6.04. The van der Waals surface area contributed by atoms with Gasteiger partial charge in [-0.15, -0.1) is 0 Å². The van der Waals surface area contributed by atoms with Gasteiger partial charge in [0, 0.05) is 48.0 Å². The zero-order valence-electron chi connectivity index (χ0n) is 24.6. The van der Waals surface area contributed by atoms with Gasteiger partial charge in [0.25, 0.3) is 5.91 Å². The number of H-pyrrole nitrogens is 1. The van der Waals surface area contributed by atoms with Gasteiger partial charge in [-0.05, 0) is 98.9 Å². The molecule has 0 spiro atoms. The highest BCUT2D eigenvalue weighted by Crippen LogP contribution is 2.22. The van der Waals surface area contributed by atoms with Crippen LogP contribution in [0.15, 0.2) is 72.9 Å². The molecule has 3 aromatic carbocycles. The number of amides is 1. The first-order valence-electron chi connectivity index (χ1n) is 15.4. The Kier molecular flexibility index (Phi) is 9.30. The summed E-state index contributed by atoms with van der Waals surface area (Å²) in [5.41, 5.74) is 5.45. The molecule has 43 heavy (non-hydrogen) atoms. The van der Waals surface area contributed by atoms with Crippen molar-refractivity contribution in [3.63, 3.8) is 0 Å². The molecule has 224 valence electrons. The van der Waals surface area contributed by atoms with Crippen molar-refractivity contribution >= 4 is 34.2 Å². The molecule has 0 saturated carbocycles. The Morgan fingerprint density at radius 3 is 2.58 bits per heavy atom. The summed E-state index contributed by atoms with van der Waals surface area (Å²) in [6, 6.07) is 21.9. The van der Waals surface area contributed by atoms with Crippen LogP contribution >= 0.6 is 0 Å². The monoisotopic (exact) mass is 580 g/mol. The smallest absolute Gasteiger partial charge is 0.310 e. The van der Waals surface area contributed by atoms with Crippen LogP contribution in [-0.2, 0) is 22.5 Å². The fraction of sp³-hybridized carbons (Fsp3) is 0.382. The number of ether oxygens (including phenoxy) is 1. The number of hydrogen-bond acceptors (Lipinski definition) is 7. The molecule has 0 radical (unpaired) electrons. The van der Waals surface area contributed by atoms with Crippen LogP contribution in [-0.4, -0.2) is 77.2 Å². The number of piperidine rings is 1. The van der Waals surface area contributed by atoms with Gasteiger partial charge in [-0.25, -0.2) is 0 Å². The van der Waals surface area contributed by atoms with E-state index in [0.717, 1.165) is 79.8 Å². The summed E-state index contributed by atoms with van der Waals surface area (Å²) in [7, 11) is 0. The molecule has 2 fully saturated rings. The van der Waals surface area contributed by atoms with Crippen LogP contribution in [0.2, 0.25) is 0 Å². The first kappa shape index (κ1) is 28.9. The van der Waals surface area contributed by atoms with Crippen LogP contribution < -0.4 is 10.6 Å². The average Bonchev–Trinajstić information content (AvgIpc) is 3.71. The number of carbonyl (C=O) groups excluding carboxylic acids is 2. The summed E-state index contributed by atoms with van der Waals surface area (Å²) in [6.45, 7) is 6.20. The SMILES string of the molecule is O=C(Cc1ccc(NC(=O)c2cccc(CN3CCCC(Nc4ccc5[nH]ncc5c4)C3)c2)cc1)OCCN1CCCC1. The molecule has 1 amide bonds. The summed E-state index contributed by atoms with van der Waals surface area (Å²) < 4.78 is 5.41. The van der Waals surface area contributed by atoms with Crippen molar-refractivity contribution in [3.8, 4) is 0 Å². The quantitative estimate of drug-likeness (QED) is 0.213. The Bertz CT molecular complexity index is 1530. The normalized spacial score (nSPS) is 17.6. The van der Waals surface area contributed by atoms with Crippen LogP contribution in [0.3, 0.4) is 0 Å². The van der Waals surface area contributed by atoms with Gasteiger partial charge < -0.3 is 15.4 Å². The Hall–Kier alpha value is -4.21. The molecule has 6 rings (SSSR count). The van der Waals surface area contributed by atoms with Crippen LogP contribution in [0.5, 0.6) is 0 Å². The summed E-state index contributed by atoms with van der Waals surface area (Å²) in [5, 5.41) is 14.9. The number of carbonyl (C=O) groups is 2. The second-order valence-electron chi connectivity index (χ2n) is 11.7. The van der Waals surface area contributed by atoms with E-state index in [0.29, 0.717) is 23.9 Å². The Balaban J connectivity index is 0.972. The van der Waals surface area contributed by atoms with Gasteiger partial charge in [0.1, 0.15) is 6.61 Å². The van der Waals surface area contributed by atoms with Gasteiger partial charge >= 0.3 is 5.97 Å². The van der Waals surface area contributed by atoms with Crippen molar-refractivity contribution in [2.24, 2.45) is 0 Å². The number of benzene rings is 3. The third-order valence-corrected chi connectivity index (χ3v) is 8.34. The number of nitrogens with zero attached hydrogens (tertiary/aromatic N) is 3. The number of esters is 1. The van der Waals surface area contributed by atoms with E-state index in [1.54, 1.807) is 0 Å². The molecule has 1 unspecified atom stereocenters. The lowest BCUT2D eigenvalue weighted by Crippen LogP contribution is -2.41. The Morgan fingerprint density at radius 2 is 1.72 bits per heavy atom. The molecule has 9 nitrogen and oxygen atoms in total. The van der Waals surface area contributed by atoms with E-state index >= 15 is 0 Å². The molecule has 2 aliphatic rings. The van der Waals surface area contributed by atoms with E-state index in [4.69, 9.17) is 4.74 Å². The molecule has 0 aliphatic carbocycles. The van der Waals surface area contributed by atoms with Crippen molar-refractivity contribution < 1.29 is 14.3 Å². The average molecular weight is 581 g/mol. The molecule has 9 heteroatoms. The van der Waals surface area contributed by atoms with E-state index in [1.807, 2.05) is 48.7 Å². The van der Waals surface area contributed by atoms with E-state index < -0.39 is 0 Å². The molecule has 3 heterocycles. The van der Waals surface area contributed by atoms with Gasteiger partial charge in [0.05, 0.1) is 18.1 Å². The first-order chi connectivity index (χ1) is 21.1. The van der Waals surface area contributed by atoms with Crippen LogP contribution in [0, 0.1) is 0 Å². The summed E-state index contributed by atoms with van der Waals surface area (Å²) in [5.74, 6) is -0.372. The molecular weight excluding hydrogens is 540 g/mol. The van der Waals surface area contributed by atoms with Crippen LogP contribution in [0.4, 0.5) is 11.4 Å². The van der Waals surface area contributed by atoms with Gasteiger partial charge in [-0.1, -0.05) is 24.3 Å². The predicted molar refractivity (Wildman–Crippen MR) is 169 cm³/mol. The predicted octanol–water partition coefficient (Wildman–Crippen LogP) is 5.07. The maximum absolute atomic E-state index is 13.1. The summed E-state index contributed by atoms with van der Waals surface area (Å²) in [4.78, 5) is 30.1. The van der Waals surface area contributed by atoms with E-state index in [9.17, 15) is 9.59 Å². The van der Waals surface area contributed by atoms with E-state index in [-0.39, 0.29) is 18.3 Å². The third-order valence-electron chi connectivity index (χ3n) is 8.34. The van der Waals surface area contributed by atoms with Gasteiger partial charge in [-0.3, -0.25) is 24.5 Å². The number of fused-ring (bicyclic) bond motifs is 1. The molecule has 1 aromatic heterocycles. The molecule has 0 bridgehead atoms. The maximum Gasteiger partial charge on any atom is 0.310 e. The molecular formula is C34H40N6O3.